The Morgan fingerprint density at radius 2 is 0.772 bits per heavy atom. The molecule has 0 aromatic heterocycles. The standard InChI is InChI=1S/C69H131N2O7P/c1-7-10-13-16-19-22-25-27-29-31-32-33-34-35-36-37-38-40-42-44-47-50-53-56-59-62-69(73)78-67(60-57-54-51-48-45-24-21-18-15-12-9-3)66(65-77-79(74,75)76-64-63-71(4,5)6)70-68(72)61-58-55-52-49-46-43-41-39-30-28-26-23-20-17-14-11-8-2/h20,23,28,30,41,43,57,60,66-67H,7-19,21-22,24-27,29,31-40,42,44-56,58-59,61-65H2,1-6H3,(H-,70,72,74,75)/p+1/b23-20-,30-28-,43-41-,60-57-. The maximum atomic E-state index is 13.5. The van der Waals surface area contributed by atoms with Crippen molar-refractivity contribution in [3.05, 3.63) is 48.6 Å². The second-order valence-electron chi connectivity index (χ2n) is 24.4. The summed E-state index contributed by atoms with van der Waals surface area (Å²) in [6.45, 7) is 7.00. The van der Waals surface area contributed by atoms with E-state index >= 15 is 0 Å². The lowest BCUT2D eigenvalue weighted by Gasteiger charge is -2.27. The van der Waals surface area contributed by atoms with E-state index in [1.165, 1.54) is 212 Å². The van der Waals surface area contributed by atoms with Crippen LogP contribution in [0.1, 0.15) is 329 Å². The zero-order valence-electron chi connectivity index (χ0n) is 53.1. The number of esters is 1. The van der Waals surface area contributed by atoms with E-state index in [4.69, 9.17) is 13.8 Å². The van der Waals surface area contributed by atoms with Crippen LogP contribution < -0.4 is 5.32 Å². The molecule has 0 aromatic carbocycles. The molecular weight excluding hydrogens is 1000 g/mol. The molecule has 0 fully saturated rings. The Labute approximate surface area is 490 Å². The van der Waals surface area contributed by atoms with Gasteiger partial charge in [-0.25, -0.2) is 4.57 Å². The van der Waals surface area contributed by atoms with Crippen molar-refractivity contribution in [2.45, 2.75) is 341 Å². The summed E-state index contributed by atoms with van der Waals surface area (Å²) in [7, 11) is 1.49. The van der Waals surface area contributed by atoms with Gasteiger partial charge in [-0.15, -0.1) is 0 Å². The number of ether oxygens (including phenoxy) is 1. The average molecular weight is 1130 g/mol. The van der Waals surface area contributed by atoms with Crippen molar-refractivity contribution in [2.24, 2.45) is 0 Å². The second kappa shape index (κ2) is 59.1. The molecule has 0 bridgehead atoms. The van der Waals surface area contributed by atoms with Crippen molar-refractivity contribution in [3.8, 4) is 0 Å². The summed E-state index contributed by atoms with van der Waals surface area (Å²) in [5, 5.41) is 3.05. The summed E-state index contributed by atoms with van der Waals surface area (Å²) < 4.78 is 30.7. The first-order valence-electron chi connectivity index (χ1n) is 34.0. The van der Waals surface area contributed by atoms with E-state index in [1.54, 1.807) is 0 Å². The molecule has 0 aliphatic rings. The number of amides is 1. The topological polar surface area (TPSA) is 111 Å². The number of hydrogen-bond donors (Lipinski definition) is 2. The quantitative estimate of drug-likeness (QED) is 0.0205. The van der Waals surface area contributed by atoms with Gasteiger partial charge < -0.3 is 19.4 Å². The third kappa shape index (κ3) is 60.4. The number of carbonyl (C=O) groups is 2. The highest BCUT2D eigenvalue weighted by Crippen LogP contribution is 2.43. The molecule has 0 spiro atoms. The number of nitrogens with one attached hydrogen (secondary N) is 1. The van der Waals surface area contributed by atoms with Gasteiger partial charge in [-0.1, -0.05) is 294 Å². The highest BCUT2D eigenvalue weighted by atomic mass is 31.2. The second-order valence-corrected chi connectivity index (χ2v) is 25.8. The number of rotatable bonds is 62. The number of likely N-dealkylation sites (N-methyl/N-ethyl adjacent to an activating group) is 1. The molecule has 3 unspecified atom stereocenters. The maximum absolute atomic E-state index is 13.5. The fourth-order valence-corrected chi connectivity index (χ4v) is 10.7. The van der Waals surface area contributed by atoms with Gasteiger partial charge in [-0.05, 0) is 70.3 Å². The van der Waals surface area contributed by atoms with Crippen LogP contribution in [0.25, 0.3) is 0 Å². The van der Waals surface area contributed by atoms with Crippen LogP contribution in [0.2, 0.25) is 0 Å². The predicted octanol–water partition coefficient (Wildman–Crippen LogP) is 21.2. The van der Waals surface area contributed by atoms with Crippen molar-refractivity contribution < 1.29 is 37.3 Å². The number of hydrogen-bond acceptors (Lipinski definition) is 6. The maximum Gasteiger partial charge on any atom is 0.472 e. The fourth-order valence-electron chi connectivity index (χ4n) is 10.0. The zero-order chi connectivity index (χ0) is 57.9. The van der Waals surface area contributed by atoms with Crippen LogP contribution in [0.3, 0.4) is 0 Å². The van der Waals surface area contributed by atoms with Gasteiger partial charge in [-0.2, -0.15) is 0 Å². The summed E-state index contributed by atoms with van der Waals surface area (Å²) in [4.78, 5) is 37.8. The van der Waals surface area contributed by atoms with Crippen LogP contribution in [-0.2, 0) is 27.9 Å². The van der Waals surface area contributed by atoms with Crippen LogP contribution in [0.5, 0.6) is 0 Å². The molecule has 0 aromatic rings. The smallest absolute Gasteiger partial charge is 0.456 e. The van der Waals surface area contributed by atoms with E-state index < -0.39 is 20.0 Å². The third-order valence-electron chi connectivity index (χ3n) is 15.3. The van der Waals surface area contributed by atoms with E-state index in [9.17, 15) is 19.0 Å². The van der Waals surface area contributed by atoms with Gasteiger partial charge in [0, 0.05) is 12.8 Å². The van der Waals surface area contributed by atoms with Gasteiger partial charge in [-0.3, -0.25) is 18.6 Å². The van der Waals surface area contributed by atoms with Crippen molar-refractivity contribution in [2.75, 3.05) is 40.9 Å². The van der Waals surface area contributed by atoms with Gasteiger partial charge >= 0.3 is 13.8 Å². The lowest BCUT2D eigenvalue weighted by atomic mass is 10.0. The molecule has 0 rings (SSSR count). The molecule has 9 nitrogen and oxygen atoms in total. The molecule has 0 saturated heterocycles. The number of phosphoric acid groups is 1. The Kier molecular flexibility index (Phi) is 57.6. The summed E-state index contributed by atoms with van der Waals surface area (Å²) in [6, 6.07) is -0.858. The first-order valence-corrected chi connectivity index (χ1v) is 35.5. The molecule has 2 N–H and O–H groups in total. The van der Waals surface area contributed by atoms with Crippen molar-refractivity contribution >= 4 is 19.7 Å². The van der Waals surface area contributed by atoms with E-state index in [-0.39, 0.29) is 25.1 Å². The summed E-state index contributed by atoms with van der Waals surface area (Å²) in [6.07, 6.45) is 74.1. The van der Waals surface area contributed by atoms with Gasteiger partial charge in [0.15, 0.2) is 0 Å². The Balaban J connectivity index is 5.05. The minimum atomic E-state index is -4.45. The molecule has 0 heterocycles. The van der Waals surface area contributed by atoms with Crippen molar-refractivity contribution in [3.63, 3.8) is 0 Å². The third-order valence-corrected chi connectivity index (χ3v) is 16.3. The number of quaternary nitrogens is 1. The number of phosphoric ester groups is 1. The number of nitrogens with zero attached hydrogens (tertiary/aromatic N) is 1. The van der Waals surface area contributed by atoms with Crippen molar-refractivity contribution in [1.82, 2.24) is 5.32 Å². The number of allylic oxidation sites excluding steroid dienone is 7. The van der Waals surface area contributed by atoms with E-state index in [0.717, 1.165) is 83.5 Å². The molecule has 0 saturated carbocycles. The van der Waals surface area contributed by atoms with Crippen molar-refractivity contribution in [1.29, 1.82) is 0 Å². The van der Waals surface area contributed by atoms with Gasteiger partial charge in [0.2, 0.25) is 5.91 Å². The van der Waals surface area contributed by atoms with E-state index in [0.29, 0.717) is 23.9 Å². The molecule has 3 atom stereocenters. The summed E-state index contributed by atoms with van der Waals surface area (Å²) in [5.74, 6) is -0.517. The minimum Gasteiger partial charge on any atom is -0.456 e. The minimum absolute atomic E-state index is 0.0366. The zero-order valence-corrected chi connectivity index (χ0v) is 54.0. The predicted molar refractivity (Wildman–Crippen MR) is 342 cm³/mol. The van der Waals surface area contributed by atoms with Gasteiger partial charge in [0.1, 0.15) is 19.3 Å². The Hall–Kier alpha value is -2.03. The molecule has 0 aliphatic carbocycles. The molecular formula is C69H132N2O7P+. The fraction of sp³-hybridized carbons (Fsp3) is 0.855. The lowest BCUT2D eigenvalue weighted by Crippen LogP contribution is -2.47. The normalized spacial score (nSPS) is 13.9. The Morgan fingerprint density at radius 3 is 1.18 bits per heavy atom. The molecule has 0 radical (unpaired) electrons. The molecule has 464 valence electrons. The highest BCUT2D eigenvalue weighted by Gasteiger charge is 2.30. The molecule has 1 amide bonds. The molecule has 79 heavy (non-hydrogen) atoms. The SMILES string of the molecule is CCCCC/C=C\C/C=C\C/C=C\CCCCCCC(=O)NC(COP(=O)(O)OCC[N+](C)(C)C)C(/C=C\CCCCCCCCCCC)OC(=O)CCCCCCCCCCCCCCCCCCCCCCCCCCC. The van der Waals surface area contributed by atoms with Crippen LogP contribution >= 0.6 is 7.82 Å². The first-order chi connectivity index (χ1) is 38.4. The van der Waals surface area contributed by atoms with Gasteiger partial charge in [0.25, 0.3) is 0 Å². The number of unbranched alkanes of at least 4 members (excludes halogenated alkanes) is 40. The number of carbonyl (C=O) groups excluding carboxylic acids is 2. The first kappa shape index (κ1) is 77.0. The van der Waals surface area contributed by atoms with Crippen LogP contribution in [0.15, 0.2) is 48.6 Å². The van der Waals surface area contributed by atoms with E-state index in [2.05, 4.69) is 62.5 Å². The molecule has 10 heteroatoms. The largest absolute Gasteiger partial charge is 0.472 e. The van der Waals surface area contributed by atoms with E-state index in [1.807, 2.05) is 33.3 Å². The van der Waals surface area contributed by atoms with Gasteiger partial charge in [0.05, 0.1) is 33.8 Å². The highest BCUT2D eigenvalue weighted by molar-refractivity contribution is 7.47. The average Bonchev–Trinajstić information content (AvgIpc) is 3.41. The molecule has 0 aliphatic heterocycles. The Bertz CT molecular complexity index is 1490. The summed E-state index contributed by atoms with van der Waals surface area (Å²) >= 11 is 0. The van der Waals surface area contributed by atoms with Crippen LogP contribution in [-0.4, -0.2) is 74.3 Å². The van der Waals surface area contributed by atoms with Crippen LogP contribution in [0.4, 0.5) is 0 Å². The Morgan fingerprint density at radius 1 is 0.443 bits per heavy atom. The lowest BCUT2D eigenvalue weighted by molar-refractivity contribution is -0.870. The summed E-state index contributed by atoms with van der Waals surface area (Å²) in [5.41, 5.74) is 0. The van der Waals surface area contributed by atoms with Crippen LogP contribution in [0, 0.1) is 0 Å². The monoisotopic (exact) mass is 1130 g/mol.